The lowest BCUT2D eigenvalue weighted by atomic mass is 10.1. The number of nitrogens with zero attached hydrogens (tertiary/aromatic N) is 1. The molecule has 24 heavy (non-hydrogen) atoms. The van der Waals surface area contributed by atoms with Gasteiger partial charge in [0.15, 0.2) is 9.84 Å². The summed E-state index contributed by atoms with van der Waals surface area (Å²) >= 11 is 0. The van der Waals surface area contributed by atoms with Crippen molar-refractivity contribution >= 4 is 15.5 Å². The molecule has 128 valence electrons. The Hall–Kier alpha value is -2.25. The number of sulfone groups is 1. The summed E-state index contributed by atoms with van der Waals surface area (Å²) in [6.45, 7) is 4.19. The molecule has 7 heteroatoms. The zero-order valence-electron chi connectivity index (χ0n) is 13.8. The molecule has 0 aliphatic rings. The Balaban J connectivity index is 2.10. The number of hydrogen-bond donors (Lipinski definition) is 1. The normalized spacial score (nSPS) is 12.8. The fourth-order valence-electron chi connectivity index (χ4n) is 2.44. The summed E-state index contributed by atoms with van der Waals surface area (Å²) in [5.74, 6) is 0. The third kappa shape index (κ3) is 4.18. The highest BCUT2D eigenvalue weighted by Gasteiger charge is 2.14. The van der Waals surface area contributed by atoms with Crippen LogP contribution in [0.5, 0.6) is 0 Å². The molecule has 0 radical (unpaired) electrons. The maximum Gasteiger partial charge on any atom is 0.272 e. The van der Waals surface area contributed by atoms with E-state index in [0.29, 0.717) is 12.1 Å². The maximum absolute atomic E-state index is 11.5. The van der Waals surface area contributed by atoms with Gasteiger partial charge in [-0.05, 0) is 37.1 Å². The molecule has 0 spiro atoms. The summed E-state index contributed by atoms with van der Waals surface area (Å²) in [5.41, 5.74) is 2.57. The fourth-order valence-corrected chi connectivity index (χ4v) is 3.07. The third-order valence-corrected chi connectivity index (χ3v) is 5.15. The van der Waals surface area contributed by atoms with E-state index in [1.165, 1.54) is 12.3 Å². The average molecular weight is 348 g/mol. The predicted molar refractivity (Wildman–Crippen MR) is 92.6 cm³/mol. The van der Waals surface area contributed by atoms with Gasteiger partial charge in [0.25, 0.3) is 5.69 Å². The zero-order chi connectivity index (χ0) is 17.9. The van der Waals surface area contributed by atoms with Gasteiger partial charge in [-0.15, -0.1) is 0 Å². The second-order valence-corrected chi connectivity index (χ2v) is 7.78. The van der Waals surface area contributed by atoms with Crippen molar-refractivity contribution in [3.8, 4) is 0 Å². The number of hydrogen-bond acceptors (Lipinski definition) is 5. The van der Waals surface area contributed by atoms with E-state index < -0.39 is 9.84 Å². The van der Waals surface area contributed by atoms with Gasteiger partial charge in [-0.1, -0.05) is 24.3 Å². The summed E-state index contributed by atoms with van der Waals surface area (Å²) in [5, 5.41) is 14.3. The molecule has 0 amide bonds. The van der Waals surface area contributed by atoms with Crippen LogP contribution in [0.2, 0.25) is 0 Å². The third-order valence-electron chi connectivity index (χ3n) is 4.02. The van der Waals surface area contributed by atoms with Crippen LogP contribution in [0.3, 0.4) is 0 Å². The maximum atomic E-state index is 11.5. The lowest BCUT2D eigenvalue weighted by Crippen LogP contribution is -2.19. The number of benzene rings is 2. The van der Waals surface area contributed by atoms with Crippen molar-refractivity contribution in [3.05, 3.63) is 69.3 Å². The topological polar surface area (TPSA) is 89.3 Å². The van der Waals surface area contributed by atoms with E-state index in [9.17, 15) is 18.5 Å². The van der Waals surface area contributed by atoms with E-state index in [4.69, 9.17) is 0 Å². The first kappa shape index (κ1) is 18.1. The number of nitro groups is 1. The van der Waals surface area contributed by atoms with E-state index in [2.05, 4.69) is 5.32 Å². The van der Waals surface area contributed by atoms with E-state index in [-0.39, 0.29) is 21.5 Å². The second-order valence-electron chi connectivity index (χ2n) is 5.76. The summed E-state index contributed by atoms with van der Waals surface area (Å²) in [6, 6.07) is 11.7. The molecule has 0 aliphatic heterocycles. The van der Waals surface area contributed by atoms with Crippen molar-refractivity contribution in [1.82, 2.24) is 5.32 Å². The van der Waals surface area contributed by atoms with Gasteiger partial charge in [-0.2, -0.15) is 0 Å². The summed E-state index contributed by atoms with van der Waals surface area (Å²) in [7, 11) is -3.20. The molecule has 2 aromatic rings. The Kier molecular flexibility index (Phi) is 5.36. The number of rotatable bonds is 6. The van der Waals surface area contributed by atoms with Crippen molar-refractivity contribution in [2.24, 2.45) is 0 Å². The molecule has 6 nitrogen and oxygen atoms in total. The van der Waals surface area contributed by atoms with Crippen LogP contribution in [-0.4, -0.2) is 19.6 Å². The molecule has 0 bridgehead atoms. The first-order valence-corrected chi connectivity index (χ1v) is 9.35. The second kappa shape index (κ2) is 7.11. The molecule has 0 unspecified atom stereocenters. The van der Waals surface area contributed by atoms with Crippen LogP contribution in [0.1, 0.15) is 29.7 Å². The number of nitro benzene ring substituents is 1. The van der Waals surface area contributed by atoms with Gasteiger partial charge < -0.3 is 5.32 Å². The Morgan fingerprint density at radius 3 is 2.33 bits per heavy atom. The van der Waals surface area contributed by atoms with Crippen molar-refractivity contribution < 1.29 is 13.3 Å². The molecule has 2 rings (SSSR count). The zero-order valence-corrected chi connectivity index (χ0v) is 14.6. The minimum Gasteiger partial charge on any atom is -0.306 e. The smallest absolute Gasteiger partial charge is 0.272 e. The SMILES string of the molecule is Cc1c(CN[C@H](C)c2ccc(S(C)(=O)=O)cc2)cccc1[N+](=O)[O-]. The van der Waals surface area contributed by atoms with Crippen molar-refractivity contribution in [1.29, 1.82) is 0 Å². The van der Waals surface area contributed by atoms with Gasteiger partial charge in [0.1, 0.15) is 0 Å². The molecule has 0 aliphatic carbocycles. The minimum absolute atomic E-state index is 0.0164. The predicted octanol–water partition coefficient (Wildman–Crippen LogP) is 3.16. The lowest BCUT2D eigenvalue weighted by Gasteiger charge is -2.16. The van der Waals surface area contributed by atoms with Crippen molar-refractivity contribution in [3.63, 3.8) is 0 Å². The summed E-state index contributed by atoms with van der Waals surface area (Å²) < 4.78 is 23.0. The van der Waals surface area contributed by atoms with E-state index in [0.717, 1.165) is 11.1 Å². The van der Waals surface area contributed by atoms with E-state index in [1.54, 1.807) is 37.3 Å². The molecule has 0 saturated heterocycles. The summed E-state index contributed by atoms with van der Waals surface area (Å²) in [4.78, 5) is 10.9. The monoisotopic (exact) mass is 348 g/mol. The molecule has 1 atom stereocenters. The van der Waals surface area contributed by atoms with Gasteiger partial charge in [0.05, 0.1) is 9.82 Å². The molecule has 2 aromatic carbocycles. The van der Waals surface area contributed by atoms with Crippen LogP contribution in [0, 0.1) is 17.0 Å². The molecule has 0 saturated carbocycles. The van der Waals surface area contributed by atoms with Crippen molar-refractivity contribution in [2.75, 3.05) is 6.26 Å². The van der Waals surface area contributed by atoms with Gasteiger partial charge in [-0.25, -0.2) is 8.42 Å². The minimum atomic E-state index is -3.20. The van der Waals surface area contributed by atoms with Crippen LogP contribution in [0.15, 0.2) is 47.4 Å². The largest absolute Gasteiger partial charge is 0.306 e. The summed E-state index contributed by atoms with van der Waals surface area (Å²) in [6.07, 6.45) is 1.18. The Morgan fingerprint density at radius 2 is 1.79 bits per heavy atom. The van der Waals surface area contributed by atoms with Crippen LogP contribution >= 0.6 is 0 Å². The first-order valence-electron chi connectivity index (χ1n) is 7.46. The first-order chi connectivity index (χ1) is 11.2. The number of nitrogens with one attached hydrogen (secondary N) is 1. The highest BCUT2D eigenvalue weighted by Crippen LogP contribution is 2.22. The van der Waals surface area contributed by atoms with Crippen LogP contribution < -0.4 is 5.32 Å². The quantitative estimate of drug-likeness (QED) is 0.640. The van der Waals surface area contributed by atoms with Gasteiger partial charge >= 0.3 is 0 Å². The molecule has 0 aromatic heterocycles. The Bertz CT molecular complexity index is 845. The molecular formula is C17H20N2O4S. The van der Waals surface area contributed by atoms with Crippen LogP contribution in [-0.2, 0) is 16.4 Å². The Labute approximate surface area is 141 Å². The average Bonchev–Trinajstić information content (AvgIpc) is 2.52. The highest BCUT2D eigenvalue weighted by molar-refractivity contribution is 7.90. The standard InChI is InChI=1S/C17H20N2O4S/c1-12-15(5-4-6-17(12)19(20)21)11-18-13(2)14-7-9-16(10-8-14)24(3,22)23/h4-10,13,18H,11H2,1-3H3/t13-/m1/s1. The van der Waals surface area contributed by atoms with Gasteiger partial charge in [0.2, 0.25) is 0 Å². The fraction of sp³-hybridized carbons (Fsp3) is 0.294. The lowest BCUT2D eigenvalue weighted by molar-refractivity contribution is -0.385. The van der Waals surface area contributed by atoms with Gasteiger partial charge in [-0.3, -0.25) is 10.1 Å². The van der Waals surface area contributed by atoms with Crippen molar-refractivity contribution in [2.45, 2.75) is 31.3 Å². The molecule has 0 fully saturated rings. The van der Waals surface area contributed by atoms with Crippen LogP contribution in [0.4, 0.5) is 5.69 Å². The highest BCUT2D eigenvalue weighted by atomic mass is 32.2. The Morgan fingerprint density at radius 1 is 1.17 bits per heavy atom. The van der Waals surface area contributed by atoms with E-state index >= 15 is 0 Å². The molecule has 1 N–H and O–H groups in total. The molecule has 0 heterocycles. The van der Waals surface area contributed by atoms with E-state index in [1.807, 2.05) is 13.0 Å². The molecular weight excluding hydrogens is 328 g/mol. The van der Waals surface area contributed by atoms with Gasteiger partial charge in [0, 0.05) is 30.5 Å². The van der Waals surface area contributed by atoms with Crippen LogP contribution in [0.25, 0.3) is 0 Å².